The van der Waals surface area contributed by atoms with Crippen molar-refractivity contribution >= 4 is 12.6 Å². The molecule has 5 heteroatoms. The van der Waals surface area contributed by atoms with Crippen molar-refractivity contribution in [3.63, 3.8) is 0 Å². The fourth-order valence-corrected chi connectivity index (χ4v) is 1.29. The minimum absolute atomic E-state index is 0.0596. The molecule has 1 rings (SSSR count). The Kier molecular flexibility index (Phi) is 3.49. The van der Waals surface area contributed by atoms with E-state index < -0.39 is 12.9 Å². The van der Waals surface area contributed by atoms with Gasteiger partial charge < -0.3 is 14.8 Å². The zero-order valence-electron chi connectivity index (χ0n) is 8.12. The Hall–Kier alpha value is -1.07. The molecule has 2 N–H and O–H groups in total. The molecule has 0 aliphatic carbocycles. The van der Waals surface area contributed by atoms with Crippen LogP contribution in [0.25, 0.3) is 0 Å². The first-order chi connectivity index (χ1) is 6.56. The van der Waals surface area contributed by atoms with E-state index in [2.05, 4.69) is 0 Å². The van der Waals surface area contributed by atoms with E-state index >= 15 is 0 Å². The molecule has 0 unspecified atom stereocenters. The van der Waals surface area contributed by atoms with Crippen LogP contribution in [-0.4, -0.2) is 23.8 Å². The summed E-state index contributed by atoms with van der Waals surface area (Å²) in [6, 6.07) is 2.35. The second-order valence-electron chi connectivity index (χ2n) is 2.95. The SMILES string of the molecule is CCOc1c(C)cc(F)cc1B(O)O. The van der Waals surface area contributed by atoms with Crippen LogP contribution in [0.2, 0.25) is 0 Å². The first-order valence-corrected chi connectivity index (χ1v) is 4.35. The third-order valence-corrected chi connectivity index (χ3v) is 1.83. The zero-order valence-corrected chi connectivity index (χ0v) is 8.12. The van der Waals surface area contributed by atoms with E-state index in [1.165, 1.54) is 6.07 Å². The van der Waals surface area contributed by atoms with Crippen molar-refractivity contribution in [1.82, 2.24) is 0 Å². The van der Waals surface area contributed by atoms with E-state index in [0.29, 0.717) is 17.9 Å². The van der Waals surface area contributed by atoms with Gasteiger partial charge in [0, 0.05) is 5.46 Å². The second kappa shape index (κ2) is 4.44. The Balaban J connectivity index is 3.21. The molecule has 0 radical (unpaired) electrons. The second-order valence-corrected chi connectivity index (χ2v) is 2.95. The zero-order chi connectivity index (χ0) is 10.7. The maximum absolute atomic E-state index is 12.9. The monoisotopic (exact) mass is 198 g/mol. The largest absolute Gasteiger partial charge is 0.494 e. The molecule has 0 saturated heterocycles. The molecule has 0 bridgehead atoms. The molecule has 14 heavy (non-hydrogen) atoms. The Morgan fingerprint density at radius 2 is 2.07 bits per heavy atom. The number of benzene rings is 1. The average Bonchev–Trinajstić information content (AvgIpc) is 2.09. The van der Waals surface area contributed by atoms with Crippen LogP contribution in [0.5, 0.6) is 5.75 Å². The summed E-state index contributed by atoms with van der Waals surface area (Å²) in [5.41, 5.74) is 0.610. The maximum Gasteiger partial charge on any atom is 0.492 e. The lowest BCUT2D eigenvalue weighted by molar-refractivity contribution is 0.337. The Labute approximate surface area is 82.3 Å². The van der Waals surface area contributed by atoms with Crippen LogP contribution >= 0.6 is 0 Å². The van der Waals surface area contributed by atoms with Gasteiger partial charge in [-0.15, -0.1) is 0 Å². The maximum atomic E-state index is 12.9. The molecule has 1 aromatic rings. The van der Waals surface area contributed by atoms with E-state index in [0.717, 1.165) is 6.07 Å². The number of ether oxygens (including phenoxy) is 1. The van der Waals surface area contributed by atoms with Crippen molar-refractivity contribution < 1.29 is 19.2 Å². The standard InChI is InChI=1S/C9H12BFO3/c1-3-14-9-6(2)4-7(11)5-8(9)10(12)13/h4-5,12-13H,3H2,1-2H3. The van der Waals surface area contributed by atoms with E-state index in [1.807, 2.05) is 0 Å². The van der Waals surface area contributed by atoms with Crippen LogP contribution < -0.4 is 10.2 Å². The van der Waals surface area contributed by atoms with Crippen molar-refractivity contribution in [3.05, 3.63) is 23.5 Å². The minimum atomic E-state index is -1.72. The molecule has 0 saturated carbocycles. The summed E-state index contributed by atoms with van der Waals surface area (Å²) < 4.78 is 18.1. The Bertz CT molecular complexity index is 328. The first-order valence-electron chi connectivity index (χ1n) is 4.35. The van der Waals surface area contributed by atoms with E-state index in [-0.39, 0.29) is 5.46 Å². The molecule has 0 heterocycles. The molecule has 0 atom stereocenters. The van der Waals surface area contributed by atoms with Gasteiger partial charge in [0.25, 0.3) is 0 Å². The van der Waals surface area contributed by atoms with Crippen molar-refractivity contribution in [2.45, 2.75) is 13.8 Å². The van der Waals surface area contributed by atoms with Crippen LogP contribution in [0.3, 0.4) is 0 Å². The van der Waals surface area contributed by atoms with E-state index in [1.54, 1.807) is 13.8 Å². The topological polar surface area (TPSA) is 49.7 Å². The normalized spacial score (nSPS) is 10.1. The third-order valence-electron chi connectivity index (χ3n) is 1.83. The summed E-state index contributed by atoms with van der Waals surface area (Å²) in [5.74, 6) is -0.169. The van der Waals surface area contributed by atoms with Crippen LogP contribution in [0.15, 0.2) is 12.1 Å². The lowest BCUT2D eigenvalue weighted by atomic mass is 9.78. The molecular formula is C9H12BFO3. The van der Waals surface area contributed by atoms with Crippen molar-refractivity contribution in [2.24, 2.45) is 0 Å². The minimum Gasteiger partial charge on any atom is -0.494 e. The summed E-state index contributed by atoms with van der Waals surface area (Å²) in [4.78, 5) is 0. The van der Waals surface area contributed by atoms with Gasteiger partial charge in [-0.2, -0.15) is 0 Å². The molecular weight excluding hydrogens is 186 g/mol. The fraction of sp³-hybridized carbons (Fsp3) is 0.333. The van der Waals surface area contributed by atoms with Gasteiger partial charge in [-0.25, -0.2) is 4.39 Å². The van der Waals surface area contributed by atoms with Gasteiger partial charge in [0.05, 0.1) is 6.61 Å². The van der Waals surface area contributed by atoms with Crippen LogP contribution in [0.4, 0.5) is 4.39 Å². The van der Waals surface area contributed by atoms with Gasteiger partial charge in [0.15, 0.2) is 0 Å². The summed E-state index contributed by atoms with van der Waals surface area (Å²) in [6.45, 7) is 3.82. The van der Waals surface area contributed by atoms with Crippen LogP contribution in [-0.2, 0) is 0 Å². The lowest BCUT2D eigenvalue weighted by Gasteiger charge is -2.12. The van der Waals surface area contributed by atoms with Gasteiger partial charge in [0.2, 0.25) is 0 Å². The Morgan fingerprint density at radius 1 is 1.43 bits per heavy atom. The highest BCUT2D eigenvalue weighted by atomic mass is 19.1. The Morgan fingerprint density at radius 3 is 2.57 bits per heavy atom. The number of aryl methyl sites for hydroxylation is 1. The number of hydrogen-bond donors (Lipinski definition) is 2. The third kappa shape index (κ3) is 2.24. The van der Waals surface area contributed by atoms with Gasteiger partial charge in [0.1, 0.15) is 11.6 Å². The molecule has 3 nitrogen and oxygen atoms in total. The van der Waals surface area contributed by atoms with Gasteiger partial charge >= 0.3 is 7.12 Å². The van der Waals surface area contributed by atoms with Crippen molar-refractivity contribution in [1.29, 1.82) is 0 Å². The summed E-state index contributed by atoms with van der Waals surface area (Å²) in [6.07, 6.45) is 0. The number of hydrogen-bond acceptors (Lipinski definition) is 3. The molecule has 0 aromatic heterocycles. The average molecular weight is 198 g/mol. The van der Waals surface area contributed by atoms with Crippen LogP contribution in [0, 0.1) is 12.7 Å². The fourth-order valence-electron chi connectivity index (χ4n) is 1.29. The lowest BCUT2D eigenvalue weighted by Crippen LogP contribution is -2.32. The molecule has 0 aliphatic heterocycles. The quantitative estimate of drug-likeness (QED) is 0.682. The van der Waals surface area contributed by atoms with E-state index in [9.17, 15) is 4.39 Å². The van der Waals surface area contributed by atoms with Crippen molar-refractivity contribution in [2.75, 3.05) is 6.61 Å². The highest BCUT2D eigenvalue weighted by molar-refractivity contribution is 6.59. The summed E-state index contributed by atoms with van der Waals surface area (Å²) >= 11 is 0. The molecule has 76 valence electrons. The van der Waals surface area contributed by atoms with Gasteiger partial charge in [-0.05, 0) is 31.5 Å². The first kappa shape index (κ1) is 11.0. The highest BCUT2D eigenvalue weighted by Crippen LogP contribution is 2.16. The smallest absolute Gasteiger partial charge is 0.492 e. The van der Waals surface area contributed by atoms with Gasteiger partial charge in [-0.1, -0.05) is 0 Å². The van der Waals surface area contributed by atoms with E-state index in [4.69, 9.17) is 14.8 Å². The summed E-state index contributed by atoms with van der Waals surface area (Å²) in [5, 5.41) is 18.0. The number of rotatable bonds is 3. The predicted molar refractivity (Wildman–Crippen MR) is 52.1 cm³/mol. The molecule has 0 aliphatic rings. The molecule has 0 amide bonds. The molecule has 0 spiro atoms. The van der Waals surface area contributed by atoms with Gasteiger partial charge in [-0.3, -0.25) is 0 Å². The molecule has 0 fully saturated rings. The van der Waals surface area contributed by atoms with Crippen molar-refractivity contribution in [3.8, 4) is 5.75 Å². The van der Waals surface area contributed by atoms with Crippen LogP contribution in [0.1, 0.15) is 12.5 Å². The predicted octanol–water partition coefficient (Wildman–Crippen LogP) is 0.213. The summed E-state index contributed by atoms with van der Waals surface area (Å²) in [7, 11) is -1.72. The number of halogens is 1. The molecule has 1 aromatic carbocycles. The highest BCUT2D eigenvalue weighted by Gasteiger charge is 2.20.